The second kappa shape index (κ2) is 13.2. The maximum Gasteiger partial charge on any atom is 0.254 e. The molecule has 0 radical (unpaired) electrons. The summed E-state index contributed by atoms with van der Waals surface area (Å²) in [5.74, 6) is 1.17. The second-order valence-electron chi connectivity index (χ2n) is 7.95. The lowest BCUT2D eigenvalue weighted by Crippen LogP contribution is -2.44. The minimum absolute atomic E-state index is 0.1000. The van der Waals surface area contributed by atoms with E-state index in [1.807, 2.05) is 36.4 Å². The van der Waals surface area contributed by atoms with Crippen LogP contribution in [0.5, 0.6) is 11.5 Å². The zero-order valence-corrected chi connectivity index (χ0v) is 20.4. The van der Waals surface area contributed by atoms with Gasteiger partial charge in [-0.25, -0.2) is 0 Å². The lowest BCUT2D eigenvalue weighted by atomic mass is 10.1. The number of nitrogens with zero attached hydrogens (tertiary/aromatic N) is 2. The first-order chi connectivity index (χ1) is 17.0. The molecule has 0 bridgehead atoms. The third-order valence-electron chi connectivity index (χ3n) is 5.57. The lowest BCUT2D eigenvalue weighted by molar-refractivity contribution is -0.132. The predicted octanol–water partition coefficient (Wildman–Crippen LogP) is 3.66. The molecule has 186 valence electrons. The first-order valence-electron chi connectivity index (χ1n) is 11.4. The quantitative estimate of drug-likeness (QED) is 0.371. The fourth-order valence-corrected chi connectivity index (χ4v) is 3.62. The molecule has 35 heavy (non-hydrogen) atoms. The van der Waals surface area contributed by atoms with Gasteiger partial charge in [-0.2, -0.15) is 0 Å². The summed E-state index contributed by atoms with van der Waals surface area (Å²) in [5.41, 5.74) is 1.49. The van der Waals surface area contributed by atoms with Gasteiger partial charge < -0.3 is 28.4 Å². The summed E-state index contributed by atoms with van der Waals surface area (Å²) in [6, 6.07) is 18.5. The SMILES string of the molecule is COCCN(CC(=O)N(CCc1ccccc1)Cc1ccco1)C(=O)c1cc(OC)cc(OC)c1. The van der Waals surface area contributed by atoms with Crippen LogP contribution in [0.1, 0.15) is 21.7 Å². The number of amides is 2. The number of carbonyl (C=O) groups is 2. The number of methoxy groups -OCH3 is 3. The van der Waals surface area contributed by atoms with Crippen molar-refractivity contribution in [3.05, 3.63) is 83.8 Å². The smallest absolute Gasteiger partial charge is 0.254 e. The highest BCUT2D eigenvalue weighted by Crippen LogP contribution is 2.23. The van der Waals surface area contributed by atoms with Crippen LogP contribution in [-0.2, 0) is 22.5 Å². The monoisotopic (exact) mass is 480 g/mol. The van der Waals surface area contributed by atoms with Gasteiger partial charge in [0.15, 0.2) is 0 Å². The van der Waals surface area contributed by atoms with Crippen LogP contribution in [0.15, 0.2) is 71.3 Å². The maximum absolute atomic E-state index is 13.4. The van der Waals surface area contributed by atoms with Crippen LogP contribution in [-0.4, -0.2) is 69.2 Å². The van der Waals surface area contributed by atoms with E-state index >= 15 is 0 Å². The first kappa shape index (κ1) is 25.8. The molecule has 3 rings (SSSR count). The molecule has 0 unspecified atom stereocenters. The number of benzene rings is 2. The molecule has 2 amide bonds. The van der Waals surface area contributed by atoms with E-state index in [0.717, 1.165) is 5.56 Å². The zero-order chi connectivity index (χ0) is 25.0. The average molecular weight is 481 g/mol. The van der Waals surface area contributed by atoms with Gasteiger partial charge in [0.1, 0.15) is 23.8 Å². The van der Waals surface area contributed by atoms with Gasteiger partial charge in [0.05, 0.1) is 33.6 Å². The molecular weight excluding hydrogens is 448 g/mol. The van der Waals surface area contributed by atoms with Crippen molar-refractivity contribution in [3.63, 3.8) is 0 Å². The number of carbonyl (C=O) groups excluding carboxylic acids is 2. The summed E-state index contributed by atoms with van der Waals surface area (Å²) >= 11 is 0. The summed E-state index contributed by atoms with van der Waals surface area (Å²) in [5, 5.41) is 0. The molecule has 8 heteroatoms. The van der Waals surface area contributed by atoms with E-state index in [9.17, 15) is 9.59 Å². The Bertz CT molecular complexity index is 1050. The number of hydrogen-bond acceptors (Lipinski definition) is 6. The highest BCUT2D eigenvalue weighted by Gasteiger charge is 2.24. The van der Waals surface area contributed by atoms with Crippen molar-refractivity contribution in [2.75, 3.05) is 47.6 Å². The van der Waals surface area contributed by atoms with Crippen LogP contribution in [0.3, 0.4) is 0 Å². The van der Waals surface area contributed by atoms with Gasteiger partial charge in [0.2, 0.25) is 5.91 Å². The molecule has 0 spiro atoms. The number of hydrogen-bond donors (Lipinski definition) is 0. The van der Waals surface area contributed by atoms with Gasteiger partial charge in [-0.15, -0.1) is 0 Å². The second-order valence-corrected chi connectivity index (χ2v) is 7.95. The fraction of sp³-hybridized carbons (Fsp3) is 0.333. The molecule has 0 fully saturated rings. The number of furan rings is 1. The molecule has 0 aliphatic heterocycles. The molecule has 1 heterocycles. The third kappa shape index (κ3) is 7.61. The lowest BCUT2D eigenvalue weighted by Gasteiger charge is -2.27. The van der Waals surface area contributed by atoms with Crippen molar-refractivity contribution in [2.45, 2.75) is 13.0 Å². The molecule has 0 aliphatic rings. The van der Waals surface area contributed by atoms with E-state index in [-0.39, 0.29) is 24.9 Å². The van der Waals surface area contributed by atoms with E-state index in [1.54, 1.807) is 42.5 Å². The van der Waals surface area contributed by atoms with E-state index < -0.39 is 0 Å². The summed E-state index contributed by atoms with van der Waals surface area (Å²) in [7, 11) is 4.60. The Morgan fingerprint density at radius 3 is 2.17 bits per heavy atom. The van der Waals surface area contributed by atoms with Crippen LogP contribution in [0, 0.1) is 0 Å². The highest BCUT2D eigenvalue weighted by atomic mass is 16.5. The topological polar surface area (TPSA) is 81.5 Å². The molecule has 0 aliphatic carbocycles. The molecule has 3 aromatic rings. The summed E-state index contributed by atoms with van der Waals surface area (Å²) in [4.78, 5) is 30.1. The average Bonchev–Trinajstić information content (AvgIpc) is 3.41. The van der Waals surface area contributed by atoms with E-state index in [0.29, 0.717) is 48.9 Å². The molecule has 2 aromatic carbocycles. The Morgan fingerprint density at radius 1 is 0.857 bits per heavy atom. The van der Waals surface area contributed by atoms with E-state index in [2.05, 4.69) is 0 Å². The van der Waals surface area contributed by atoms with Crippen LogP contribution in [0.2, 0.25) is 0 Å². The van der Waals surface area contributed by atoms with Crippen molar-refractivity contribution in [1.82, 2.24) is 9.80 Å². The Kier molecular flexibility index (Phi) is 9.74. The summed E-state index contributed by atoms with van der Waals surface area (Å²) in [6.45, 7) is 1.26. The summed E-state index contributed by atoms with van der Waals surface area (Å²) < 4.78 is 21.3. The summed E-state index contributed by atoms with van der Waals surface area (Å²) in [6.07, 6.45) is 2.27. The minimum atomic E-state index is -0.311. The fourth-order valence-electron chi connectivity index (χ4n) is 3.62. The number of ether oxygens (including phenoxy) is 3. The van der Waals surface area contributed by atoms with E-state index in [1.165, 1.54) is 19.1 Å². The van der Waals surface area contributed by atoms with Crippen molar-refractivity contribution < 1.29 is 28.2 Å². The predicted molar refractivity (Wildman–Crippen MR) is 132 cm³/mol. The minimum Gasteiger partial charge on any atom is -0.497 e. The van der Waals surface area contributed by atoms with Gasteiger partial charge in [-0.1, -0.05) is 30.3 Å². The molecular formula is C27H32N2O6. The Hall–Kier alpha value is -3.78. The van der Waals surface area contributed by atoms with Crippen LogP contribution >= 0.6 is 0 Å². The Balaban J connectivity index is 1.79. The standard InChI is InChI=1S/C27H32N2O6/c1-32-15-13-29(27(31)22-16-24(33-2)18-25(17-22)34-3)20-26(30)28(19-23-10-7-14-35-23)12-11-21-8-5-4-6-9-21/h4-10,14,16-18H,11-13,15,19-20H2,1-3H3. The van der Waals surface area contributed by atoms with Gasteiger partial charge in [-0.05, 0) is 36.2 Å². The zero-order valence-electron chi connectivity index (χ0n) is 20.4. The van der Waals surface area contributed by atoms with Crippen molar-refractivity contribution >= 4 is 11.8 Å². The normalized spacial score (nSPS) is 10.6. The van der Waals surface area contributed by atoms with Crippen molar-refractivity contribution in [1.29, 1.82) is 0 Å². The molecule has 0 N–H and O–H groups in total. The molecule has 1 aromatic heterocycles. The van der Waals surface area contributed by atoms with Gasteiger partial charge in [0, 0.05) is 31.8 Å². The molecule has 0 saturated carbocycles. The Morgan fingerprint density at radius 2 is 1.57 bits per heavy atom. The maximum atomic E-state index is 13.4. The van der Waals surface area contributed by atoms with Crippen molar-refractivity contribution in [2.24, 2.45) is 0 Å². The van der Waals surface area contributed by atoms with Gasteiger partial charge >= 0.3 is 0 Å². The highest BCUT2D eigenvalue weighted by molar-refractivity contribution is 5.97. The van der Waals surface area contributed by atoms with Crippen LogP contribution in [0.25, 0.3) is 0 Å². The largest absolute Gasteiger partial charge is 0.497 e. The van der Waals surface area contributed by atoms with E-state index in [4.69, 9.17) is 18.6 Å². The third-order valence-corrected chi connectivity index (χ3v) is 5.57. The van der Waals surface area contributed by atoms with Crippen LogP contribution < -0.4 is 9.47 Å². The van der Waals surface area contributed by atoms with Crippen molar-refractivity contribution in [3.8, 4) is 11.5 Å². The molecule has 8 nitrogen and oxygen atoms in total. The van der Waals surface area contributed by atoms with Crippen LogP contribution in [0.4, 0.5) is 0 Å². The molecule has 0 atom stereocenters. The first-order valence-corrected chi connectivity index (χ1v) is 11.4. The molecule has 0 saturated heterocycles. The Labute approximate surface area is 206 Å². The number of rotatable bonds is 13. The van der Waals surface area contributed by atoms with Gasteiger partial charge in [0.25, 0.3) is 5.91 Å². The van der Waals surface area contributed by atoms with Gasteiger partial charge in [-0.3, -0.25) is 9.59 Å².